The summed E-state index contributed by atoms with van der Waals surface area (Å²) in [6.45, 7) is 0. The SMILES string of the molecule is N=C(N)c1ccc(-n2cc(Cl)cn2)cc1Br. The minimum Gasteiger partial charge on any atom is -0.384 e. The van der Waals surface area contributed by atoms with Gasteiger partial charge in [0.25, 0.3) is 0 Å². The second-order valence-corrected chi connectivity index (χ2v) is 4.47. The van der Waals surface area contributed by atoms with Crippen molar-refractivity contribution in [3.05, 3.63) is 45.7 Å². The van der Waals surface area contributed by atoms with E-state index in [1.54, 1.807) is 23.1 Å². The Balaban J connectivity index is 2.45. The van der Waals surface area contributed by atoms with E-state index in [4.69, 9.17) is 22.7 Å². The Hall–Kier alpha value is -1.33. The summed E-state index contributed by atoms with van der Waals surface area (Å²) in [5.74, 6) is 0.0249. The van der Waals surface area contributed by atoms with E-state index in [1.165, 1.54) is 0 Å². The molecular weight excluding hydrogens is 291 g/mol. The van der Waals surface area contributed by atoms with Gasteiger partial charge in [-0.2, -0.15) is 5.10 Å². The number of nitrogen functional groups attached to an aromatic ring is 1. The topological polar surface area (TPSA) is 67.7 Å². The molecule has 0 atom stereocenters. The fourth-order valence-electron chi connectivity index (χ4n) is 1.31. The molecule has 82 valence electrons. The van der Waals surface area contributed by atoms with Crippen molar-refractivity contribution in [3.63, 3.8) is 0 Å². The predicted molar refractivity (Wildman–Crippen MR) is 67.3 cm³/mol. The van der Waals surface area contributed by atoms with Crippen LogP contribution in [0.3, 0.4) is 0 Å². The minimum atomic E-state index is 0.0249. The van der Waals surface area contributed by atoms with E-state index >= 15 is 0 Å². The number of rotatable bonds is 2. The first-order valence-corrected chi connectivity index (χ1v) is 5.59. The molecule has 0 saturated heterocycles. The first kappa shape index (κ1) is 11.2. The van der Waals surface area contributed by atoms with Gasteiger partial charge in [-0.1, -0.05) is 11.6 Å². The van der Waals surface area contributed by atoms with Crippen LogP contribution >= 0.6 is 27.5 Å². The first-order valence-electron chi connectivity index (χ1n) is 4.42. The molecule has 0 spiro atoms. The molecule has 0 aliphatic heterocycles. The third kappa shape index (κ3) is 2.10. The molecule has 0 saturated carbocycles. The maximum Gasteiger partial charge on any atom is 0.123 e. The van der Waals surface area contributed by atoms with Gasteiger partial charge in [0.2, 0.25) is 0 Å². The molecule has 0 fully saturated rings. The van der Waals surface area contributed by atoms with Gasteiger partial charge >= 0.3 is 0 Å². The zero-order valence-corrected chi connectivity index (χ0v) is 10.5. The average molecular weight is 300 g/mol. The van der Waals surface area contributed by atoms with Crippen molar-refractivity contribution >= 4 is 33.4 Å². The molecule has 0 aliphatic carbocycles. The lowest BCUT2D eigenvalue weighted by Crippen LogP contribution is -2.12. The zero-order valence-electron chi connectivity index (χ0n) is 8.11. The van der Waals surface area contributed by atoms with Crippen LogP contribution in [0.5, 0.6) is 0 Å². The van der Waals surface area contributed by atoms with Crippen LogP contribution in [-0.4, -0.2) is 15.6 Å². The standard InChI is InChI=1S/C10H8BrClN4/c11-9-3-7(1-2-8(9)10(13)14)16-5-6(12)4-15-16/h1-5H,(H3,13,14). The van der Waals surface area contributed by atoms with Crippen molar-refractivity contribution in [1.82, 2.24) is 9.78 Å². The summed E-state index contributed by atoms with van der Waals surface area (Å²) in [7, 11) is 0. The quantitative estimate of drug-likeness (QED) is 0.661. The number of nitrogens with one attached hydrogen (secondary N) is 1. The van der Waals surface area contributed by atoms with Crippen molar-refractivity contribution in [2.75, 3.05) is 0 Å². The van der Waals surface area contributed by atoms with Crippen molar-refractivity contribution in [2.24, 2.45) is 5.73 Å². The van der Waals surface area contributed by atoms with Crippen molar-refractivity contribution < 1.29 is 0 Å². The van der Waals surface area contributed by atoms with Crippen LogP contribution in [0.1, 0.15) is 5.56 Å². The number of hydrogen-bond donors (Lipinski definition) is 2. The van der Waals surface area contributed by atoms with Crippen LogP contribution in [0.2, 0.25) is 5.02 Å². The Morgan fingerprint density at radius 1 is 1.50 bits per heavy atom. The van der Waals surface area contributed by atoms with Crippen LogP contribution < -0.4 is 5.73 Å². The number of benzene rings is 1. The lowest BCUT2D eigenvalue weighted by Gasteiger charge is -2.05. The maximum atomic E-state index is 7.36. The highest BCUT2D eigenvalue weighted by Crippen LogP contribution is 2.21. The van der Waals surface area contributed by atoms with Crippen LogP contribution in [0.4, 0.5) is 0 Å². The normalized spacial score (nSPS) is 10.4. The molecule has 16 heavy (non-hydrogen) atoms. The Labute approximate surface area is 106 Å². The molecule has 1 aromatic carbocycles. The second-order valence-electron chi connectivity index (χ2n) is 3.18. The molecule has 1 heterocycles. The third-order valence-electron chi connectivity index (χ3n) is 2.06. The first-order chi connectivity index (χ1) is 7.58. The highest BCUT2D eigenvalue weighted by molar-refractivity contribution is 9.10. The van der Waals surface area contributed by atoms with Crippen LogP contribution in [0, 0.1) is 5.41 Å². The number of aromatic nitrogens is 2. The molecule has 0 amide bonds. The molecule has 2 rings (SSSR count). The van der Waals surface area contributed by atoms with Gasteiger partial charge in [0.05, 0.1) is 16.9 Å². The summed E-state index contributed by atoms with van der Waals surface area (Å²) in [6, 6.07) is 5.42. The van der Waals surface area contributed by atoms with Gasteiger partial charge in [0, 0.05) is 16.2 Å². The molecular formula is C10H8BrClN4. The van der Waals surface area contributed by atoms with E-state index < -0.39 is 0 Å². The van der Waals surface area contributed by atoms with Gasteiger partial charge in [-0.25, -0.2) is 4.68 Å². The van der Waals surface area contributed by atoms with E-state index in [2.05, 4.69) is 21.0 Å². The van der Waals surface area contributed by atoms with E-state index in [9.17, 15) is 0 Å². The second kappa shape index (κ2) is 4.27. The zero-order chi connectivity index (χ0) is 11.7. The largest absolute Gasteiger partial charge is 0.384 e. The molecule has 0 aliphatic rings. The highest BCUT2D eigenvalue weighted by Gasteiger charge is 2.05. The number of nitrogens with zero attached hydrogens (tertiary/aromatic N) is 2. The number of halogens is 2. The fourth-order valence-corrected chi connectivity index (χ4v) is 2.02. The number of amidine groups is 1. The molecule has 1 aromatic heterocycles. The molecule has 3 N–H and O–H groups in total. The van der Waals surface area contributed by atoms with Crippen LogP contribution in [-0.2, 0) is 0 Å². The molecule has 2 aromatic rings. The van der Waals surface area contributed by atoms with E-state index in [-0.39, 0.29) is 5.84 Å². The summed E-state index contributed by atoms with van der Waals surface area (Å²) >= 11 is 9.14. The molecule has 0 radical (unpaired) electrons. The average Bonchev–Trinajstić information content (AvgIpc) is 2.64. The van der Waals surface area contributed by atoms with Crippen molar-refractivity contribution in [2.45, 2.75) is 0 Å². The Morgan fingerprint density at radius 2 is 2.25 bits per heavy atom. The monoisotopic (exact) mass is 298 g/mol. The Morgan fingerprint density at radius 3 is 2.75 bits per heavy atom. The molecule has 4 nitrogen and oxygen atoms in total. The smallest absolute Gasteiger partial charge is 0.123 e. The van der Waals surface area contributed by atoms with Gasteiger partial charge in [-0.3, -0.25) is 5.41 Å². The van der Waals surface area contributed by atoms with E-state index in [0.29, 0.717) is 10.6 Å². The Bertz CT molecular complexity index is 550. The summed E-state index contributed by atoms with van der Waals surface area (Å²) in [6.07, 6.45) is 3.27. The van der Waals surface area contributed by atoms with Gasteiger partial charge in [0.15, 0.2) is 0 Å². The number of hydrogen-bond acceptors (Lipinski definition) is 2. The summed E-state index contributed by atoms with van der Waals surface area (Å²) in [4.78, 5) is 0. The third-order valence-corrected chi connectivity index (χ3v) is 2.91. The molecule has 6 heteroatoms. The number of nitrogens with two attached hydrogens (primary N) is 1. The lowest BCUT2D eigenvalue weighted by molar-refractivity contribution is 0.879. The lowest BCUT2D eigenvalue weighted by atomic mass is 10.2. The van der Waals surface area contributed by atoms with Crippen molar-refractivity contribution in [1.29, 1.82) is 5.41 Å². The van der Waals surface area contributed by atoms with Crippen molar-refractivity contribution in [3.8, 4) is 5.69 Å². The highest BCUT2D eigenvalue weighted by atomic mass is 79.9. The van der Waals surface area contributed by atoms with Gasteiger partial charge in [0.1, 0.15) is 5.84 Å². The van der Waals surface area contributed by atoms with Crippen LogP contribution in [0.25, 0.3) is 5.69 Å². The van der Waals surface area contributed by atoms with Gasteiger partial charge in [-0.05, 0) is 34.1 Å². The Kier molecular flexibility index (Phi) is 2.98. The summed E-state index contributed by atoms with van der Waals surface area (Å²) in [5.41, 5.74) is 6.92. The fraction of sp³-hybridized carbons (Fsp3) is 0. The van der Waals surface area contributed by atoms with Crippen LogP contribution in [0.15, 0.2) is 35.1 Å². The predicted octanol–water partition coefficient (Wildman–Crippen LogP) is 2.57. The van der Waals surface area contributed by atoms with E-state index in [1.807, 2.05) is 12.1 Å². The summed E-state index contributed by atoms with van der Waals surface area (Å²) < 4.78 is 2.40. The summed E-state index contributed by atoms with van der Waals surface area (Å²) in [5, 5.41) is 12.0. The molecule has 0 bridgehead atoms. The van der Waals surface area contributed by atoms with Gasteiger partial charge < -0.3 is 5.73 Å². The van der Waals surface area contributed by atoms with Gasteiger partial charge in [-0.15, -0.1) is 0 Å². The maximum absolute atomic E-state index is 7.36. The molecule has 0 unspecified atom stereocenters. The minimum absolute atomic E-state index is 0.0249. The van der Waals surface area contributed by atoms with E-state index in [0.717, 1.165) is 10.2 Å².